The number of carboxylic acid groups (broad SMARTS) is 1. The number of hydrogen-bond donors (Lipinski definition) is 16. The number of aliphatic hydroxyl groups is 1. The van der Waals surface area contributed by atoms with E-state index < -0.39 is 132 Å². The Hall–Kier alpha value is -10.9. The van der Waals surface area contributed by atoms with E-state index in [1.54, 1.807) is 50.2 Å². The smallest absolute Gasteiger partial charge is 0.312 e. The van der Waals surface area contributed by atoms with Gasteiger partial charge in [-0.25, -0.2) is 4.79 Å². The molecule has 0 spiro atoms. The molecule has 1 saturated heterocycles. The van der Waals surface area contributed by atoms with Crippen molar-refractivity contribution in [2.75, 3.05) is 26.2 Å². The number of urea groups is 1. The number of carboxylic acids is 1. The average molecular weight is 1420 g/mol. The van der Waals surface area contributed by atoms with Gasteiger partial charge in [0.05, 0.1) is 6.61 Å². The lowest BCUT2D eigenvalue weighted by Gasteiger charge is -2.30. The van der Waals surface area contributed by atoms with Crippen molar-refractivity contribution in [3.05, 3.63) is 143 Å². The van der Waals surface area contributed by atoms with E-state index >= 15 is 0 Å². The highest BCUT2D eigenvalue weighted by molar-refractivity contribution is 6.30. The number of nitrogens with one attached hydrogen (secondary N) is 9. The molecule has 1 fully saturated rings. The molecule has 9 atom stereocenters. The Bertz CT molecular complexity index is 3690. The number of halogens is 1. The molecular formula is C69H91ClN16O15. The van der Waals surface area contributed by atoms with Crippen molar-refractivity contribution in [1.82, 2.24) is 57.7 Å². The Kier molecular flexibility index (Phi) is 32.6. The van der Waals surface area contributed by atoms with Gasteiger partial charge in [-0.1, -0.05) is 98.2 Å². The number of aliphatic imine (C=N–C) groups is 1. The van der Waals surface area contributed by atoms with Crippen LogP contribution in [-0.4, -0.2) is 183 Å². The number of pyridine rings is 1. The summed E-state index contributed by atoms with van der Waals surface area (Å²) in [5, 5.41) is 54.4. The van der Waals surface area contributed by atoms with Crippen molar-refractivity contribution in [3.63, 3.8) is 0 Å². The van der Waals surface area contributed by atoms with Gasteiger partial charge in [-0.15, -0.1) is 0 Å². The first-order valence-corrected chi connectivity index (χ1v) is 33.2. The average Bonchev–Trinajstić information content (AvgIpc) is 1.80. The topological polar surface area (TPSA) is 506 Å². The van der Waals surface area contributed by atoms with Crippen LogP contribution >= 0.6 is 11.6 Å². The van der Waals surface area contributed by atoms with E-state index in [1.165, 1.54) is 48.5 Å². The van der Waals surface area contributed by atoms with Crippen LogP contribution in [0.5, 0.6) is 5.75 Å². The van der Waals surface area contributed by atoms with Crippen molar-refractivity contribution in [2.45, 2.75) is 153 Å². The molecule has 4 aromatic carbocycles. The van der Waals surface area contributed by atoms with Gasteiger partial charge in [0.25, 0.3) is 5.97 Å². The summed E-state index contributed by atoms with van der Waals surface area (Å²) in [6.07, 6.45) is 3.10. The fraction of sp³-hybridized carbons (Fsp3) is 0.420. The van der Waals surface area contributed by atoms with Gasteiger partial charge in [0.15, 0.2) is 5.96 Å². The number of amides is 12. The molecule has 0 aliphatic carbocycles. The molecule has 1 aliphatic rings. The summed E-state index contributed by atoms with van der Waals surface area (Å²) in [5.41, 5.74) is 24.1. The highest BCUT2D eigenvalue weighted by Gasteiger charge is 2.39. The van der Waals surface area contributed by atoms with Gasteiger partial charge in [-0.3, -0.25) is 62.7 Å². The number of carbonyl (C=O) groups is 12. The summed E-state index contributed by atoms with van der Waals surface area (Å²) >= 11 is 6.22. The largest absolute Gasteiger partial charge is 0.508 e. The molecule has 5 aromatic rings. The third kappa shape index (κ3) is 28.1. The number of phenolic OH excluding ortho intramolecular Hbond substituents is 1. The van der Waals surface area contributed by atoms with Gasteiger partial charge in [0.1, 0.15) is 60.1 Å². The second kappa shape index (κ2) is 40.8. The zero-order chi connectivity index (χ0) is 74.3. The molecule has 31 nitrogen and oxygen atoms in total. The fourth-order valence-corrected chi connectivity index (χ4v) is 11.2. The summed E-state index contributed by atoms with van der Waals surface area (Å²) in [4.78, 5) is 171. The van der Waals surface area contributed by atoms with Crippen molar-refractivity contribution in [3.8, 4) is 5.75 Å². The first-order chi connectivity index (χ1) is 48.0. The Labute approximate surface area is 588 Å². The Morgan fingerprint density at radius 2 is 1.05 bits per heavy atom. The summed E-state index contributed by atoms with van der Waals surface area (Å²) in [6.45, 7) is 5.03. The van der Waals surface area contributed by atoms with Crippen molar-refractivity contribution in [2.24, 2.45) is 33.8 Å². The first-order valence-electron chi connectivity index (χ1n) is 32.8. The van der Waals surface area contributed by atoms with E-state index in [0.717, 1.165) is 17.7 Å². The predicted octanol–water partition coefficient (Wildman–Crippen LogP) is -0.130. The number of phenols is 1. The number of aromatic hydroxyl groups is 1. The molecular weight excluding hydrogens is 1330 g/mol. The maximum Gasteiger partial charge on any atom is 0.312 e. The SMILES string of the molecule is CC(=O)N[C@H](Cc1ccc2ccccc2c1)C(=O)N[C@H](Cc1ccc(Cl)cc1)C(=O)N[C@H](Cc1cccnc1)C(=O)N[C@@H](CO)C(=O)N[C@@H](Cc1ccc(O)cc1)C(=O)N[C@H](CCCNC(N)=O)C(=O)N[C@@H](CC(C)C)C(=O)N[C@@H](CCCN=C(N)N)C(=O)N1CCC[C@H]1C(N)=O.CC(=O)O. The fourth-order valence-electron chi connectivity index (χ4n) is 11.0. The number of aromatic nitrogens is 1. The molecule has 20 N–H and O–H groups in total. The zero-order valence-electron chi connectivity index (χ0n) is 56.6. The molecule has 0 radical (unpaired) electrons. The number of aliphatic hydroxyl groups excluding tert-OH is 1. The minimum Gasteiger partial charge on any atom is -0.508 e. The van der Waals surface area contributed by atoms with Gasteiger partial charge >= 0.3 is 6.03 Å². The van der Waals surface area contributed by atoms with Crippen LogP contribution in [0.15, 0.2) is 121 Å². The maximum absolute atomic E-state index is 14.8. The van der Waals surface area contributed by atoms with Crippen LogP contribution in [0.1, 0.15) is 94.9 Å². The van der Waals surface area contributed by atoms with Crippen LogP contribution in [0.3, 0.4) is 0 Å². The Morgan fingerprint density at radius 1 is 0.574 bits per heavy atom. The molecule has 0 unspecified atom stereocenters. The minimum atomic E-state index is -1.84. The predicted molar refractivity (Wildman–Crippen MR) is 374 cm³/mol. The number of benzene rings is 4. The van der Waals surface area contributed by atoms with Crippen LogP contribution in [-0.2, 0) is 78.4 Å². The van der Waals surface area contributed by atoms with Crippen LogP contribution < -0.4 is 70.8 Å². The second-order valence-electron chi connectivity index (χ2n) is 24.6. The van der Waals surface area contributed by atoms with Crippen LogP contribution in [0.4, 0.5) is 4.79 Å². The maximum atomic E-state index is 14.8. The summed E-state index contributed by atoms with van der Waals surface area (Å²) in [7, 11) is 0. The number of fused-ring (bicyclic) bond motifs is 1. The van der Waals surface area contributed by atoms with E-state index in [4.69, 9.17) is 44.4 Å². The summed E-state index contributed by atoms with van der Waals surface area (Å²) in [5.74, 6) is -9.68. The van der Waals surface area contributed by atoms with E-state index in [-0.39, 0.29) is 95.0 Å². The number of nitrogens with two attached hydrogens (primary N) is 4. The van der Waals surface area contributed by atoms with Gasteiger partial charge in [-0.2, -0.15) is 0 Å². The molecule has 2 heterocycles. The number of aliphatic carboxylic acids is 1. The van der Waals surface area contributed by atoms with Crippen LogP contribution in [0.2, 0.25) is 5.02 Å². The van der Waals surface area contributed by atoms with Crippen molar-refractivity contribution >= 4 is 99.4 Å². The van der Waals surface area contributed by atoms with Crippen molar-refractivity contribution in [1.29, 1.82) is 0 Å². The van der Waals surface area contributed by atoms with Gasteiger partial charge in [0, 0.05) is 76.6 Å². The molecule has 1 aliphatic heterocycles. The molecule has 0 saturated carbocycles. The number of carbonyl (C=O) groups excluding carboxylic acids is 11. The number of likely N-dealkylation sites (tertiary alicyclic amines) is 1. The van der Waals surface area contributed by atoms with E-state index in [9.17, 15) is 63.0 Å². The number of primary amides is 2. The molecule has 32 heteroatoms. The Morgan fingerprint density at radius 3 is 1.58 bits per heavy atom. The minimum absolute atomic E-state index is 0.0127. The number of hydrogen-bond acceptors (Lipinski definition) is 16. The van der Waals surface area contributed by atoms with Crippen molar-refractivity contribution < 1.29 is 72.9 Å². The standard InChI is InChI=1S/C67H87ClN16O13.C2H4O2/c1-38(2)30-50(59(90)78-49(14-8-27-74-66(70)71)65(96)84-29-9-15-56(84)57(69)88)79-58(89)48(13-7-28-75-67(72)97)77-61(92)52(33-41-19-24-47(87)25-20-41)82-64(95)55(37-85)83-63(94)54(35-43-10-6-26-73-36-43)81-62(93)53(32-40-17-22-46(68)23-18-40)80-60(91)51(76-39(3)86)34-42-16-21-44-11-4-5-12-45(44)31-42;1-2(3)4/h4-6,10-12,16-26,31,36,38,48-56,85,87H,7-9,13-15,27-30,32-35,37H2,1-3H3,(H2,69,88)(H,76,86)(H,77,92)(H,78,90)(H,79,89)(H,80,91)(H,81,93)(H,82,95)(H,83,94)(H4,70,71,74)(H3,72,75,97);1H3,(H,3,4)/t48-,49+,50+,51-,52+,53-,54-,55+,56+;/m1./s1. The monoisotopic (exact) mass is 1420 g/mol. The van der Waals surface area contributed by atoms with Gasteiger partial charge < -0.3 is 91.0 Å². The second-order valence-corrected chi connectivity index (χ2v) is 25.1. The van der Waals surface area contributed by atoms with Gasteiger partial charge in [0.2, 0.25) is 59.1 Å². The zero-order valence-corrected chi connectivity index (χ0v) is 57.4. The first kappa shape index (κ1) is 80.7. The van der Waals surface area contributed by atoms with Gasteiger partial charge in [-0.05, 0) is 114 Å². The molecule has 1 aromatic heterocycles. The highest BCUT2D eigenvalue weighted by atomic mass is 35.5. The normalized spacial score (nSPS) is 14.8. The summed E-state index contributed by atoms with van der Waals surface area (Å²) in [6, 6.07) is 14.9. The number of nitrogens with zero attached hydrogens (tertiary/aromatic N) is 3. The molecule has 12 amide bonds. The molecule has 0 bridgehead atoms. The lowest BCUT2D eigenvalue weighted by atomic mass is 9.99. The van der Waals surface area contributed by atoms with Crippen LogP contribution in [0.25, 0.3) is 10.8 Å². The lowest BCUT2D eigenvalue weighted by Crippen LogP contribution is -2.61. The van der Waals surface area contributed by atoms with E-state index in [1.807, 2.05) is 42.5 Å². The molecule has 6 rings (SSSR count). The lowest BCUT2D eigenvalue weighted by molar-refractivity contribution is -0.141. The van der Waals surface area contributed by atoms with E-state index in [0.29, 0.717) is 40.1 Å². The number of rotatable bonds is 36. The highest BCUT2D eigenvalue weighted by Crippen LogP contribution is 2.22. The third-order valence-electron chi connectivity index (χ3n) is 15.9. The molecule has 544 valence electrons. The quantitative estimate of drug-likeness (QED) is 0.0141. The Balaban J connectivity index is 0.00000447. The van der Waals surface area contributed by atoms with Crippen LogP contribution in [0, 0.1) is 5.92 Å². The number of guanidine groups is 1. The summed E-state index contributed by atoms with van der Waals surface area (Å²) < 4.78 is 0. The van der Waals surface area contributed by atoms with E-state index in [2.05, 4.69) is 57.8 Å². The molecule has 101 heavy (non-hydrogen) atoms. The third-order valence-corrected chi connectivity index (χ3v) is 16.2.